The Labute approximate surface area is 80.8 Å². The highest BCUT2D eigenvalue weighted by Crippen LogP contribution is 2.14. The van der Waals surface area contributed by atoms with E-state index < -0.39 is 5.97 Å². The SMILES string of the molecule is COC(=O)c1cc(NN)ccc1C=O. The summed E-state index contributed by atoms with van der Waals surface area (Å²) in [6, 6.07) is 4.54. The fraction of sp³-hybridized carbons (Fsp3) is 0.111. The molecule has 0 spiro atoms. The monoisotopic (exact) mass is 194 g/mol. The third kappa shape index (κ3) is 1.89. The molecule has 0 aromatic heterocycles. The molecule has 74 valence electrons. The minimum Gasteiger partial charge on any atom is -0.465 e. The van der Waals surface area contributed by atoms with Crippen molar-refractivity contribution < 1.29 is 14.3 Å². The van der Waals surface area contributed by atoms with Crippen molar-refractivity contribution >= 4 is 17.9 Å². The number of carbonyl (C=O) groups excluding carboxylic acids is 2. The number of rotatable bonds is 3. The van der Waals surface area contributed by atoms with Gasteiger partial charge in [-0.15, -0.1) is 0 Å². The topological polar surface area (TPSA) is 81.4 Å². The minimum atomic E-state index is -0.566. The van der Waals surface area contributed by atoms with E-state index in [9.17, 15) is 9.59 Å². The highest BCUT2D eigenvalue weighted by atomic mass is 16.5. The first-order valence-electron chi connectivity index (χ1n) is 3.87. The lowest BCUT2D eigenvalue weighted by molar-refractivity contribution is 0.0598. The second-order valence-corrected chi connectivity index (χ2v) is 2.56. The number of hydrogen-bond donors (Lipinski definition) is 2. The van der Waals surface area contributed by atoms with Gasteiger partial charge >= 0.3 is 5.97 Å². The molecule has 0 atom stereocenters. The number of ether oxygens (including phenoxy) is 1. The number of esters is 1. The predicted molar refractivity (Wildman–Crippen MR) is 51.0 cm³/mol. The van der Waals surface area contributed by atoms with Gasteiger partial charge in [-0.1, -0.05) is 0 Å². The normalized spacial score (nSPS) is 9.29. The third-order valence-electron chi connectivity index (χ3n) is 1.75. The third-order valence-corrected chi connectivity index (χ3v) is 1.75. The molecule has 0 amide bonds. The van der Waals surface area contributed by atoms with Crippen molar-refractivity contribution in [1.82, 2.24) is 0 Å². The Morgan fingerprint density at radius 2 is 2.29 bits per heavy atom. The van der Waals surface area contributed by atoms with Crippen LogP contribution in [0.3, 0.4) is 0 Å². The molecule has 1 rings (SSSR count). The van der Waals surface area contributed by atoms with Gasteiger partial charge in [0, 0.05) is 11.3 Å². The molecule has 0 bridgehead atoms. The molecule has 0 aliphatic rings. The molecule has 1 aromatic rings. The zero-order valence-corrected chi connectivity index (χ0v) is 7.61. The molecule has 0 aliphatic carbocycles. The lowest BCUT2D eigenvalue weighted by atomic mass is 10.1. The van der Waals surface area contributed by atoms with Gasteiger partial charge in [-0.3, -0.25) is 10.6 Å². The van der Waals surface area contributed by atoms with Gasteiger partial charge in [0.25, 0.3) is 0 Å². The van der Waals surface area contributed by atoms with E-state index in [1.54, 1.807) is 6.07 Å². The van der Waals surface area contributed by atoms with Crippen LogP contribution in [0, 0.1) is 0 Å². The lowest BCUT2D eigenvalue weighted by Gasteiger charge is -2.05. The van der Waals surface area contributed by atoms with Crippen LogP contribution in [0.5, 0.6) is 0 Å². The van der Waals surface area contributed by atoms with E-state index in [0.29, 0.717) is 12.0 Å². The number of carbonyl (C=O) groups is 2. The van der Waals surface area contributed by atoms with E-state index in [1.807, 2.05) is 0 Å². The zero-order chi connectivity index (χ0) is 10.6. The first-order chi connectivity index (χ1) is 6.72. The second kappa shape index (κ2) is 4.38. The average molecular weight is 194 g/mol. The van der Waals surface area contributed by atoms with Crippen molar-refractivity contribution in [2.24, 2.45) is 5.84 Å². The maximum absolute atomic E-state index is 11.2. The predicted octanol–water partition coefficient (Wildman–Crippen LogP) is 0.571. The summed E-state index contributed by atoms with van der Waals surface area (Å²) in [5, 5.41) is 0. The molecule has 0 fully saturated rings. The summed E-state index contributed by atoms with van der Waals surface area (Å²) in [6.07, 6.45) is 0.590. The number of methoxy groups -OCH3 is 1. The van der Waals surface area contributed by atoms with E-state index in [4.69, 9.17) is 5.84 Å². The molecule has 0 heterocycles. The van der Waals surface area contributed by atoms with E-state index in [2.05, 4.69) is 10.2 Å². The van der Waals surface area contributed by atoms with Crippen LogP contribution in [0.15, 0.2) is 18.2 Å². The fourth-order valence-corrected chi connectivity index (χ4v) is 1.04. The van der Waals surface area contributed by atoms with Gasteiger partial charge in [-0.2, -0.15) is 0 Å². The second-order valence-electron chi connectivity index (χ2n) is 2.56. The van der Waals surface area contributed by atoms with Crippen molar-refractivity contribution in [1.29, 1.82) is 0 Å². The Kier molecular flexibility index (Phi) is 3.19. The van der Waals surface area contributed by atoms with Gasteiger partial charge < -0.3 is 10.2 Å². The van der Waals surface area contributed by atoms with Crippen molar-refractivity contribution in [2.75, 3.05) is 12.5 Å². The Morgan fingerprint density at radius 1 is 1.57 bits per heavy atom. The smallest absolute Gasteiger partial charge is 0.338 e. The number of aldehydes is 1. The number of benzene rings is 1. The standard InChI is InChI=1S/C9H10N2O3/c1-14-9(13)8-4-7(11-10)3-2-6(8)5-12/h2-5,11H,10H2,1H3. The van der Waals surface area contributed by atoms with Crippen LogP contribution in [0.2, 0.25) is 0 Å². The van der Waals surface area contributed by atoms with Crippen molar-refractivity contribution in [2.45, 2.75) is 0 Å². The molecule has 5 nitrogen and oxygen atoms in total. The van der Waals surface area contributed by atoms with Crippen LogP contribution in [0.4, 0.5) is 5.69 Å². The quantitative estimate of drug-likeness (QED) is 0.318. The van der Waals surface area contributed by atoms with Crippen LogP contribution in [-0.2, 0) is 4.74 Å². The van der Waals surface area contributed by atoms with Crippen molar-refractivity contribution in [3.8, 4) is 0 Å². The number of nitrogens with two attached hydrogens (primary N) is 1. The molecule has 0 unspecified atom stereocenters. The maximum atomic E-state index is 11.2. The average Bonchev–Trinajstić information content (AvgIpc) is 2.27. The van der Waals surface area contributed by atoms with Crippen LogP contribution < -0.4 is 11.3 Å². The number of hydrazine groups is 1. The first-order valence-corrected chi connectivity index (χ1v) is 3.87. The van der Waals surface area contributed by atoms with Gasteiger partial charge in [-0.05, 0) is 18.2 Å². The molecule has 1 aromatic carbocycles. The molecule has 0 saturated carbocycles. The number of nitrogen functional groups attached to an aromatic ring is 1. The maximum Gasteiger partial charge on any atom is 0.338 e. The fourth-order valence-electron chi connectivity index (χ4n) is 1.04. The molecule has 3 N–H and O–H groups in total. The summed E-state index contributed by atoms with van der Waals surface area (Å²) < 4.78 is 4.51. The summed E-state index contributed by atoms with van der Waals surface area (Å²) in [5.41, 5.74) is 3.38. The number of nitrogens with one attached hydrogen (secondary N) is 1. The van der Waals surface area contributed by atoms with Crippen molar-refractivity contribution in [3.63, 3.8) is 0 Å². The summed E-state index contributed by atoms with van der Waals surface area (Å²) in [7, 11) is 1.25. The van der Waals surface area contributed by atoms with Crippen LogP contribution in [0.1, 0.15) is 20.7 Å². The summed E-state index contributed by atoms with van der Waals surface area (Å²) >= 11 is 0. The summed E-state index contributed by atoms with van der Waals surface area (Å²) in [4.78, 5) is 21.8. The molecule has 0 radical (unpaired) electrons. The molecular weight excluding hydrogens is 184 g/mol. The molecule has 5 heteroatoms. The van der Waals surface area contributed by atoms with E-state index >= 15 is 0 Å². The van der Waals surface area contributed by atoms with E-state index in [1.165, 1.54) is 19.2 Å². The zero-order valence-electron chi connectivity index (χ0n) is 7.61. The van der Waals surface area contributed by atoms with Gasteiger partial charge in [-0.25, -0.2) is 4.79 Å². The summed E-state index contributed by atoms with van der Waals surface area (Å²) in [5.74, 6) is 4.60. The van der Waals surface area contributed by atoms with E-state index in [-0.39, 0.29) is 11.1 Å². The van der Waals surface area contributed by atoms with Gasteiger partial charge in [0.15, 0.2) is 6.29 Å². The number of anilines is 1. The lowest BCUT2D eigenvalue weighted by Crippen LogP contribution is -2.10. The summed E-state index contributed by atoms with van der Waals surface area (Å²) in [6.45, 7) is 0. The minimum absolute atomic E-state index is 0.193. The molecular formula is C9H10N2O3. The van der Waals surface area contributed by atoms with Crippen LogP contribution in [-0.4, -0.2) is 19.4 Å². The van der Waals surface area contributed by atoms with Crippen LogP contribution in [0.25, 0.3) is 0 Å². The first kappa shape index (κ1) is 10.2. The Hall–Kier alpha value is -1.88. The van der Waals surface area contributed by atoms with Gasteiger partial charge in [0.1, 0.15) is 0 Å². The molecule has 0 saturated heterocycles. The Morgan fingerprint density at radius 3 is 2.79 bits per heavy atom. The highest BCUT2D eigenvalue weighted by Gasteiger charge is 2.11. The number of hydrogen-bond acceptors (Lipinski definition) is 5. The van der Waals surface area contributed by atoms with E-state index in [0.717, 1.165) is 0 Å². The Bertz CT molecular complexity index is 363. The molecule has 14 heavy (non-hydrogen) atoms. The largest absolute Gasteiger partial charge is 0.465 e. The van der Waals surface area contributed by atoms with Crippen LogP contribution >= 0.6 is 0 Å². The molecule has 0 aliphatic heterocycles. The van der Waals surface area contributed by atoms with Gasteiger partial charge in [0.05, 0.1) is 12.7 Å². The highest BCUT2D eigenvalue weighted by molar-refractivity contribution is 5.99. The van der Waals surface area contributed by atoms with Crippen molar-refractivity contribution in [3.05, 3.63) is 29.3 Å². The Balaban J connectivity index is 3.21. The van der Waals surface area contributed by atoms with Gasteiger partial charge in [0.2, 0.25) is 0 Å².